The lowest BCUT2D eigenvalue weighted by molar-refractivity contribution is 0.0982. The van der Waals surface area contributed by atoms with Gasteiger partial charge in [0.05, 0.1) is 17.1 Å². The van der Waals surface area contributed by atoms with Crippen molar-refractivity contribution in [2.75, 3.05) is 80.9 Å². The minimum Gasteiger partial charge on any atom is -0.397 e. The van der Waals surface area contributed by atoms with Crippen LogP contribution >= 0.6 is 7.14 Å². The van der Waals surface area contributed by atoms with Gasteiger partial charge >= 0.3 is 0 Å². The van der Waals surface area contributed by atoms with Crippen LogP contribution in [0, 0.1) is 6.92 Å². The SMILES string of the molecule is Cc1cnc(Nc2ccc(N3CCC(N4CCN(C)CC4)CC3)c(N)c2)nc1Nc1ccccc1P(C)(C)=O. The number of aryl methyl sites for hydroxylation is 1. The average Bonchev–Trinajstić information content (AvgIpc) is 2.91. The number of para-hydroxylation sites is 1. The third-order valence-corrected chi connectivity index (χ3v) is 9.40. The fourth-order valence-corrected chi connectivity index (χ4v) is 6.67. The first-order valence-electron chi connectivity index (χ1n) is 13.8. The molecule has 0 radical (unpaired) electrons. The number of piperidine rings is 1. The van der Waals surface area contributed by atoms with Gasteiger partial charge in [0, 0.05) is 68.1 Å². The van der Waals surface area contributed by atoms with Gasteiger partial charge in [0.2, 0.25) is 5.95 Å². The van der Waals surface area contributed by atoms with Crippen LogP contribution in [0.3, 0.4) is 0 Å². The van der Waals surface area contributed by atoms with Crippen LogP contribution in [0.5, 0.6) is 0 Å². The van der Waals surface area contributed by atoms with Gasteiger partial charge in [-0.05, 0) is 70.5 Å². The summed E-state index contributed by atoms with van der Waals surface area (Å²) in [5, 5.41) is 7.47. The number of rotatable bonds is 7. The second-order valence-electron chi connectivity index (χ2n) is 11.2. The molecule has 1 aromatic heterocycles. The van der Waals surface area contributed by atoms with Gasteiger partial charge in [-0.3, -0.25) is 4.90 Å². The van der Waals surface area contributed by atoms with Crippen molar-refractivity contribution in [2.24, 2.45) is 0 Å². The minimum absolute atomic E-state index is 0.469. The van der Waals surface area contributed by atoms with Crippen LogP contribution in [0.15, 0.2) is 48.7 Å². The van der Waals surface area contributed by atoms with Gasteiger partial charge in [0.25, 0.3) is 0 Å². The van der Waals surface area contributed by atoms with Crippen LogP contribution in [0.1, 0.15) is 18.4 Å². The van der Waals surface area contributed by atoms with E-state index in [0.717, 1.165) is 59.8 Å². The maximum atomic E-state index is 12.8. The monoisotopic (exact) mass is 548 g/mol. The number of nitrogens with one attached hydrogen (secondary N) is 2. The lowest BCUT2D eigenvalue weighted by Crippen LogP contribution is -2.52. The third kappa shape index (κ3) is 6.55. The van der Waals surface area contributed by atoms with E-state index in [-0.39, 0.29) is 0 Å². The normalized spacial score (nSPS) is 17.8. The highest BCUT2D eigenvalue weighted by molar-refractivity contribution is 7.70. The second kappa shape index (κ2) is 11.5. The summed E-state index contributed by atoms with van der Waals surface area (Å²) in [4.78, 5) is 16.7. The maximum Gasteiger partial charge on any atom is 0.229 e. The van der Waals surface area contributed by atoms with Crippen LogP contribution in [0.4, 0.5) is 34.5 Å². The number of nitrogen functional groups attached to an aromatic ring is 1. The molecule has 5 rings (SSSR count). The number of nitrogens with two attached hydrogens (primary N) is 1. The van der Waals surface area contributed by atoms with Crippen molar-refractivity contribution in [3.63, 3.8) is 0 Å². The Labute approximate surface area is 232 Å². The number of nitrogens with zero attached hydrogens (tertiary/aromatic N) is 5. The summed E-state index contributed by atoms with van der Waals surface area (Å²) in [6.45, 7) is 12.2. The van der Waals surface area contributed by atoms with E-state index in [0.29, 0.717) is 17.8 Å². The van der Waals surface area contributed by atoms with Gasteiger partial charge in [-0.2, -0.15) is 4.98 Å². The first-order chi connectivity index (χ1) is 18.7. The fraction of sp³-hybridized carbons (Fsp3) is 0.448. The van der Waals surface area contributed by atoms with Gasteiger partial charge in [-0.1, -0.05) is 12.1 Å². The van der Waals surface area contributed by atoms with Crippen molar-refractivity contribution in [3.8, 4) is 0 Å². The number of benzene rings is 2. The molecular weight excluding hydrogens is 507 g/mol. The summed E-state index contributed by atoms with van der Waals surface area (Å²) in [6.07, 6.45) is 4.12. The Morgan fingerprint density at radius 2 is 1.69 bits per heavy atom. The molecule has 0 unspecified atom stereocenters. The van der Waals surface area contributed by atoms with E-state index in [1.54, 1.807) is 19.5 Å². The van der Waals surface area contributed by atoms with E-state index in [1.807, 2.05) is 43.3 Å². The molecule has 0 bridgehead atoms. The van der Waals surface area contributed by atoms with E-state index in [1.165, 1.54) is 25.9 Å². The standard InChI is InChI=1S/C29H41N8OP/c1-21-20-31-29(34-28(21)33-25-7-5-6-8-27(25)39(3,4)38)32-22-9-10-26(24(30)19-22)37-13-11-23(12-14-37)36-17-15-35(2)16-18-36/h5-10,19-20,23H,11-18,30H2,1-4H3,(H2,31,32,33,34). The number of hydrogen-bond donors (Lipinski definition) is 3. The smallest absolute Gasteiger partial charge is 0.229 e. The Bertz CT molecular complexity index is 1340. The predicted molar refractivity (Wildman–Crippen MR) is 164 cm³/mol. The molecule has 2 saturated heterocycles. The molecule has 10 heteroatoms. The first kappa shape index (κ1) is 27.4. The van der Waals surface area contributed by atoms with E-state index >= 15 is 0 Å². The summed E-state index contributed by atoms with van der Waals surface area (Å²) in [7, 11) is -0.245. The molecule has 2 aromatic carbocycles. The zero-order valence-electron chi connectivity index (χ0n) is 23.5. The summed E-state index contributed by atoms with van der Waals surface area (Å²) in [5.41, 5.74) is 10.9. The van der Waals surface area contributed by atoms with Crippen molar-refractivity contribution in [1.29, 1.82) is 0 Å². The van der Waals surface area contributed by atoms with Crippen molar-refractivity contribution in [3.05, 3.63) is 54.2 Å². The Hall–Kier alpha value is -3.13. The van der Waals surface area contributed by atoms with E-state index in [2.05, 4.69) is 43.4 Å². The second-order valence-corrected chi connectivity index (χ2v) is 14.4. The van der Waals surface area contributed by atoms with Crippen LogP contribution in [-0.2, 0) is 4.57 Å². The molecule has 0 amide bonds. The molecule has 2 fully saturated rings. The predicted octanol–water partition coefficient (Wildman–Crippen LogP) is 4.32. The molecule has 0 spiro atoms. The minimum atomic E-state index is -2.45. The van der Waals surface area contributed by atoms with Crippen molar-refractivity contribution < 1.29 is 4.57 Å². The van der Waals surface area contributed by atoms with Gasteiger partial charge in [0.1, 0.15) is 13.0 Å². The summed E-state index contributed by atoms with van der Waals surface area (Å²) in [5.74, 6) is 1.14. The lowest BCUT2D eigenvalue weighted by atomic mass is 10.0. The maximum absolute atomic E-state index is 12.8. The van der Waals surface area contributed by atoms with Gasteiger partial charge in [-0.25, -0.2) is 4.98 Å². The van der Waals surface area contributed by atoms with E-state index in [4.69, 9.17) is 10.7 Å². The highest BCUT2D eigenvalue weighted by atomic mass is 31.2. The molecule has 4 N–H and O–H groups in total. The topological polar surface area (TPSA) is 103 Å². The molecule has 2 aliphatic rings. The number of aromatic nitrogens is 2. The van der Waals surface area contributed by atoms with Crippen molar-refractivity contribution in [1.82, 2.24) is 19.8 Å². The largest absolute Gasteiger partial charge is 0.397 e. The van der Waals surface area contributed by atoms with E-state index in [9.17, 15) is 4.57 Å². The molecule has 3 aromatic rings. The molecule has 2 aliphatic heterocycles. The van der Waals surface area contributed by atoms with Gasteiger partial charge in [0.15, 0.2) is 0 Å². The highest BCUT2D eigenvalue weighted by Gasteiger charge is 2.27. The molecule has 0 aliphatic carbocycles. The Morgan fingerprint density at radius 3 is 2.38 bits per heavy atom. The zero-order chi connectivity index (χ0) is 27.6. The quantitative estimate of drug-likeness (QED) is 0.294. The Kier molecular flexibility index (Phi) is 8.12. The summed E-state index contributed by atoms with van der Waals surface area (Å²) in [6, 6.07) is 14.4. The van der Waals surface area contributed by atoms with Crippen LogP contribution < -0.4 is 26.6 Å². The number of piperazine rings is 1. The van der Waals surface area contributed by atoms with Gasteiger partial charge < -0.3 is 30.7 Å². The number of anilines is 6. The lowest BCUT2D eigenvalue weighted by Gasteiger charge is -2.42. The van der Waals surface area contributed by atoms with Crippen LogP contribution in [-0.4, -0.2) is 85.5 Å². The molecule has 0 saturated carbocycles. The molecule has 0 atom stereocenters. The summed E-state index contributed by atoms with van der Waals surface area (Å²) < 4.78 is 12.8. The molecule has 39 heavy (non-hydrogen) atoms. The Morgan fingerprint density at radius 1 is 0.974 bits per heavy atom. The molecule has 208 valence electrons. The Balaban J connectivity index is 1.24. The van der Waals surface area contributed by atoms with E-state index < -0.39 is 7.14 Å². The highest BCUT2D eigenvalue weighted by Crippen LogP contribution is 2.38. The van der Waals surface area contributed by atoms with Gasteiger partial charge in [-0.15, -0.1) is 0 Å². The number of hydrogen-bond acceptors (Lipinski definition) is 9. The first-order valence-corrected chi connectivity index (χ1v) is 16.4. The van der Waals surface area contributed by atoms with Crippen molar-refractivity contribution >= 4 is 47.0 Å². The molecule has 3 heterocycles. The zero-order valence-corrected chi connectivity index (χ0v) is 24.4. The third-order valence-electron chi connectivity index (χ3n) is 7.85. The fourth-order valence-electron chi connectivity index (χ4n) is 5.51. The average molecular weight is 549 g/mol. The number of likely N-dealkylation sites (N-methyl/N-ethyl adjacent to an activating group) is 1. The molecular formula is C29H41N8OP. The van der Waals surface area contributed by atoms with Crippen molar-refractivity contribution in [2.45, 2.75) is 25.8 Å². The van der Waals surface area contributed by atoms with Crippen LogP contribution in [0.2, 0.25) is 0 Å². The molecule has 9 nitrogen and oxygen atoms in total. The van der Waals surface area contributed by atoms with Crippen LogP contribution in [0.25, 0.3) is 0 Å². The summed E-state index contributed by atoms with van der Waals surface area (Å²) >= 11 is 0.